The van der Waals surface area contributed by atoms with Gasteiger partial charge in [-0.3, -0.25) is 28.2 Å². The number of nitrogens with two attached hydrogens (primary N) is 2. The molecule has 8 N–H and O–H groups in total. The third-order valence-corrected chi connectivity index (χ3v) is 16.9. The average Bonchev–Trinajstić information content (AvgIpc) is 4.21. The Morgan fingerprint density at radius 1 is 0.605 bits per heavy atom. The van der Waals surface area contributed by atoms with Crippen molar-refractivity contribution in [3.63, 3.8) is 0 Å². The summed E-state index contributed by atoms with van der Waals surface area (Å²) >= 11 is 0. The van der Waals surface area contributed by atoms with Crippen LogP contribution in [0.2, 0.25) is 0 Å². The molecule has 0 spiro atoms. The van der Waals surface area contributed by atoms with E-state index in [2.05, 4.69) is 10.2 Å². The lowest BCUT2D eigenvalue weighted by Crippen LogP contribution is -2.46. The van der Waals surface area contributed by atoms with Gasteiger partial charge in [0.15, 0.2) is 42.8 Å². The number of primary amides is 2. The number of amides is 2. The van der Waals surface area contributed by atoms with Gasteiger partial charge in [-0.25, -0.2) is 9.13 Å². The standard InChI is InChI=1S/C29H40N3O9P.C26H36N3O9P/c1-6-20(7-2)17-36-28(34)19(3)31-42(35,41-22-13-9-8-10-14-22)37-18-23-24-25(40-29(4,5)39-24)27(38-23)32-15-11-12-21(16-32)26(30)33;1-4-18(5-2)15-35-26(33)17(3)28-39(34,38-20-11-7-6-8-12-20)36-16-21-22(30)23(31)25(37-21)29-13-9-10-19(14-29)24(27)32/h8-16,19-20,23-25,27H,6-7,17-18H2,1-5H3,(H2-,30,31,33,35);6-14,17-18,21-23,25,30-31H,4-5,15-16H2,1-3H3,(H2-,27,28,32,34)/p+2/t19?,23?,24-,25-,27-,42?;17?,21?,22-,23-,25-,39?/m11/s1. The Bertz CT molecular complexity index is 2800. The molecule has 5 heterocycles. The van der Waals surface area contributed by atoms with Gasteiger partial charge in [0.1, 0.15) is 59.1 Å². The number of aromatic nitrogens is 2. The third kappa shape index (κ3) is 18.1. The number of aliphatic hydroxyl groups is 2. The van der Waals surface area contributed by atoms with Crippen LogP contribution in [0, 0.1) is 11.8 Å². The van der Waals surface area contributed by atoms with Crippen LogP contribution in [0.1, 0.15) is 114 Å². The number of esters is 2. The van der Waals surface area contributed by atoms with Crippen molar-refractivity contribution in [1.82, 2.24) is 10.2 Å². The highest BCUT2D eigenvalue weighted by Gasteiger charge is 2.60. The molecule has 2 amide bonds. The zero-order chi connectivity index (χ0) is 59.1. The second-order valence-electron chi connectivity index (χ2n) is 20.2. The number of aliphatic hydroxyl groups excluding tert-OH is 2. The van der Waals surface area contributed by atoms with E-state index in [1.807, 2.05) is 27.7 Å². The predicted molar refractivity (Wildman–Crippen MR) is 290 cm³/mol. The first-order valence-corrected chi connectivity index (χ1v) is 30.1. The summed E-state index contributed by atoms with van der Waals surface area (Å²) in [6.45, 7) is 14.5. The van der Waals surface area contributed by atoms with Crippen LogP contribution in [0.15, 0.2) is 110 Å². The fraction of sp³-hybridized carbons (Fsp3) is 0.527. The van der Waals surface area contributed by atoms with E-state index in [1.54, 1.807) is 110 Å². The smallest absolute Gasteiger partial charge is 0.459 e. The number of carbonyl (C=O) groups excluding carboxylic acids is 4. The van der Waals surface area contributed by atoms with E-state index in [9.17, 15) is 38.5 Å². The molecule has 24 nitrogen and oxygen atoms in total. The lowest BCUT2D eigenvalue weighted by Gasteiger charge is -2.26. The third-order valence-electron chi connectivity index (χ3n) is 13.7. The number of hydrogen-bond acceptors (Lipinski definition) is 18. The van der Waals surface area contributed by atoms with Crippen molar-refractivity contribution in [3.8, 4) is 11.5 Å². The quantitative estimate of drug-likeness (QED) is 0.0232. The molecule has 6 unspecified atom stereocenters. The summed E-state index contributed by atoms with van der Waals surface area (Å²) in [4.78, 5) is 48.7. The number of para-hydroxylation sites is 2. The van der Waals surface area contributed by atoms with Gasteiger partial charge < -0.3 is 59.1 Å². The van der Waals surface area contributed by atoms with Crippen molar-refractivity contribution in [3.05, 3.63) is 121 Å². The maximum atomic E-state index is 14.0. The van der Waals surface area contributed by atoms with Crippen LogP contribution in [0.5, 0.6) is 11.5 Å². The molecule has 3 fully saturated rings. The van der Waals surface area contributed by atoms with Crippen LogP contribution in [0.3, 0.4) is 0 Å². The summed E-state index contributed by atoms with van der Waals surface area (Å²) in [5, 5.41) is 26.5. The van der Waals surface area contributed by atoms with E-state index < -0.39 is 113 Å². The molecule has 12 atom stereocenters. The molecule has 2 aromatic carbocycles. The number of benzene rings is 2. The molecular weight excluding hydrogens is 1090 g/mol. The Morgan fingerprint density at radius 3 is 1.44 bits per heavy atom. The monoisotopic (exact) mass is 1170 g/mol. The number of pyridine rings is 2. The molecule has 444 valence electrons. The van der Waals surface area contributed by atoms with Gasteiger partial charge in [0, 0.05) is 12.1 Å². The predicted octanol–water partition coefficient (Wildman–Crippen LogP) is 5.51. The van der Waals surface area contributed by atoms with Gasteiger partial charge in [0.05, 0.1) is 26.4 Å². The highest BCUT2D eigenvalue weighted by atomic mass is 31.2. The average molecular weight is 1170 g/mol. The normalized spacial score (nSPS) is 24.1. The summed E-state index contributed by atoms with van der Waals surface area (Å²) < 4.78 is 88.9. The Hall–Kier alpha value is -5.72. The van der Waals surface area contributed by atoms with Crippen LogP contribution in [-0.4, -0.2) is 115 Å². The lowest BCUT2D eigenvalue weighted by molar-refractivity contribution is -0.766. The summed E-state index contributed by atoms with van der Waals surface area (Å²) in [5.74, 6) is -2.41. The molecule has 3 aliphatic rings. The van der Waals surface area contributed by atoms with E-state index in [0.29, 0.717) is 5.56 Å². The van der Waals surface area contributed by atoms with Crippen molar-refractivity contribution < 1.29 is 94.2 Å². The number of ether oxygens (including phenoxy) is 6. The number of hydrogen-bond donors (Lipinski definition) is 6. The first-order valence-electron chi connectivity index (χ1n) is 27.0. The number of nitrogens with zero attached hydrogens (tertiary/aromatic N) is 2. The van der Waals surface area contributed by atoms with Crippen LogP contribution >= 0.6 is 15.5 Å². The summed E-state index contributed by atoms with van der Waals surface area (Å²) in [6, 6.07) is 21.0. The van der Waals surface area contributed by atoms with Gasteiger partial charge in [-0.2, -0.15) is 19.3 Å². The van der Waals surface area contributed by atoms with Crippen LogP contribution in [0.25, 0.3) is 0 Å². The fourth-order valence-electron chi connectivity index (χ4n) is 8.78. The largest absolute Gasteiger partial charge is 0.464 e. The molecule has 0 radical (unpaired) electrons. The van der Waals surface area contributed by atoms with Crippen LogP contribution in [-0.2, 0) is 56.2 Å². The number of rotatable bonds is 28. The van der Waals surface area contributed by atoms with Gasteiger partial charge in [0.25, 0.3) is 24.3 Å². The SMILES string of the molecule is CCC(CC)COC(=O)C(C)NP(=O)(OCC1O[C@@H]([n+]2cccc(C(N)=O)c2)[C@@H]2OC(C)(C)O[C@H]12)Oc1ccccc1.CCC(CC)COC(=O)C(C)NP(=O)(OCC1O[C@@H]([n+]2cccc(C(N)=O)c2)[C@H](O)[C@@H]1O)Oc1ccccc1. The van der Waals surface area contributed by atoms with E-state index in [1.165, 1.54) is 36.9 Å². The molecule has 26 heteroatoms. The highest BCUT2D eigenvalue weighted by Crippen LogP contribution is 2.48. The first-order chi connectivity index (χ1) is 38.5. The molecule has 2 aromatic heterocycles. The van der Waals surface area contributed by atoms with E-state index in [-0.39, 0.29) is 48.7 Å². The first kappa shape index (κ1) is 64.4. The van der Waals surface area contributed by atoms with E-state index in [0.717, 1.165) is 25.7 Å². The molecule has 3 aliphatic heterocycles. The van der Waals surface area contributed by atoms with Crippen molar-refractivity contribution in [2.24, 2.45) is 23.3 Å². The Labute approximate surface area is 472 Å². The van der Waals surface area contributed by atoms with E-state index in [4.69, 9.17) is 58.0 Å². The minimum absolute atomic E-state index is 0.178. The lowest BCUT2D eigenvalue weighted by atomic mass is 10.1. The Balaban J connectivity index is 0.000000262. The van der Waals surface area contributed by atoms with Crippen molar-refractivity contribution in [2.75, 3.05) is 26.4 Å². The molecule has 81 heavy (non-hydrogen) atoms. The molecule has 0 aliphatic carbocycles. The fourth-order valence-corrected chi connectivity index (χ4v) is 11.8. The van der Waals surface area contributed by atoms with Crippen molar-refractivity contribution in [2.45, 2.75) is 148 Å². The second kappa shape index (κ2) is 29.5. The van der Waals surface area contributed by atoms with Gasteiger partial charge in [0.2, 0.25) is 0 Å². The maximum absolute atomic E-state index is 14.0. The molecule has 7 rings (SSSR count). The molecule has 3 saturated heterocycles. The van der Waals surface area contributed by atoms with Crippen molar-refractivity contribution >= 4 is 39.2 Å². The Kier molecular flexibility index (Phi) is 23.5. The zero-order valence-corrected chi connectivity index (χ0v) is 48.6. The zero-order valence-electron chi connectivity index (χ0n) is 46.8. The molecule has 4 aromatic rings. The summed E-state index contributed by atoms with van der Waals surface area (Å²) in [7, 11) is -8.36. The van der Waals surface area contributed by atoms with Gasteiger partial charge >= 0.3 is 27.4 Å². The van der Waals surface area contributed by atoms with Crippen molar-refractivity contribution in [1.29, 1.82) is 0 Å². The van der Waals surface area contributed by atoms with E-state index >= 15 is 0 Å². The molecule has 0 bridgehead atoms. The number of fused-ring (bicyclic) bond motifs is 1. The summed E-state index contributed by atoms with van der Waals surface area (Å²) in [5.41, 5.74) is 11.3. The van der Waals surface area contributed by atoms with Crippen LogP contribution in [0.4, 0.5) is 0 Å². The minimum atomic E-state index is -4.22. The van der Waals surface area contributed by atoms with Gasteiger partial charge in [-0.15, -0.1) is 0 Å². The summed E-state index contributed by atoms with van der Waals surface area (Å²) in [6.07, 6.45) is 2.07. The topological polar surface area (TPSA) is 319 Å². The maximum Gasteiger partial charge on any atom is 0.459 e. The van der Waals surface area contributed by atoms with Crippen LogP contribution < -0.4 is 39.8 Å². The number of nitrogens with one attached hydrogen (secondary N) is 2. The highest BCUT2D eigenvalue weighted by molar-refractivity contribution is 7.52. The van der Waals surface area contributed by atoms with Gasteiger partial charge in [-0.1, -0.05) is 89.8 Å². The second-order valence-corrected chi connectivity index (χ2v) is 23.6. The minimum Gasteiger partial charge on any atom is -0.464 e. The van der Waals surface area contributed by atoms with Gasteiger partial charge in [-0.05, 0) is 75.9 Å². The number of carbonyl (C=O) groups is 4. The molecule has 0 saturated carbocycles. The molecular formula is C55H78N6O18P2+2. The Morgan fingerprint density at radius 2 is 1.01 bits per heavy atom.